The van der Waals surface area contributed by atoms with Crippen LogP contribution in [0.2, 0.25) is 0 Å². The Labute approximate surface area is 114 Å². The Morgan fingerprint density at radius 1 is 1.05 bits per heavy atom. The van der Waals surface area contributed by atoms with E-state index in [9.17, 15) is 18.4 Å². The maximum absolute atomic E-state index is 13.6. The highest BCUT2D eigenvalue weighted by atomic mass is 19.3. The summed E-state index contributed by atoms with van der Waals surface area (Å²) >= 11 is 0. The number of carbonyl (C=O) groups excluding carboxylic acids is 2. The minimum atomic E-state index is -2.63. The van der Waals surface area contributed by atoms with E-state index in [0.717, 1.165) is 0 Å². The number of alkyl halides is 2. The first-order chi connectivity index (χ1) is 9.49. The van der Waals surface area contributed by atoms with Crippen LogP contribution in [0.25, 0.3) is 0 Å². The number of benzene rings is 1. The van der Waals surface area contributed by atoms with Crippen LogP contribution < -0.4 is 0 Å². The summed E-state index contributed by atoms with van der Waals surface area (Å²) in [6.07, 6.45) is 0.462. The zero-order valence-electron chi connectivity index (χ0n) is 10.7. The molecule has 2 bridgehead atoms. The third kappa shape index (κ3) is 1.38. The van der Waals surface area contributed by atoms with Gasteiger partial charge in [0, 0.05) is 18.4 Å². The number of hydrogen-bond donors (Lipinski definition) is 0. The van der Waals surface area contributed by atoms with E-state index in [1.165, 1.54) is 4.90 Å². The van der Waals surface area contributed by atoms with Crippen molar-refractivity contribution in [2.45, 2.75) is 31.2 Å². The number of rotatable bonds is 1. The van der Waals surface area contributed by atoms with E-state index in [0.29, 0.717) is 17.5 Å². The second-order valence-corrected chi connectivity index (χ2v) is 5.99. The van der Waals surface area contributed by atoms with Gasteiger partial charge in [-0.1, -0.05) is 12.1 Å². The summed E-state index contributed by atoms with van der Waals surface area (Å²) in [5.74, 6) is -4.21. The lowest BCUT2D eigenvalue weighted by atomic mass is 9.91. The van der Waals surface area contributed by atoms with E-state index in [1.54, 1.807) is 24.3 Å². The van der Waals surface area contributed by atoms with Crippen LogP contribution in [0.5, 0.6) is 0 Å². The summed E-state index contributed by atoms with van der Waals surface area (Å²) in [5.41, 5.74) is 0.791. The predicted octanol–water partition coefficient (Wildman–Crippen LogP) is 2.72. The van der Waals surface area contributed by atoms with Crippen molar-refractivity contribution in [1.29, 1.82) is 0 Å². The molecule has 1 heterocycles. The second kappa shape index (κ2) is 3.65. The van der Waals surface area contributed by atoms with Gasteiger partial charge in [-0.15, -0.1) is 0 Å². The largest absolute Gasteiger partial charge is 0.271 e. The molecule has 3 nitrogen and oxygen atoms in total. The molecule has 2 amide bonds. The monoisotopic (exact) mass is 277 g/mol. The Morgan fingerprint density at radius 2 is 1.65 bits per heavy atom. The van der Waals surface area contributed by atoms with E-state index in [1.807, 2.05) is 0 Å². The minimum absolute atomic E-state index is 0.199. The highest BCUT2D eigenvalue weighted by Crippen LogP contribution is 2.55. The molecule has 2 saturated carbocycles. The van der Waals surface area contributed by atoms with Gasteiger partial charge in [0.25, 0.3) is 17.7 Å². The van der Waals surface area contributed by atoms with Crippen LogP contribution >= 0.6 is 0 Å². The molecule has 0 saturated heterocycles. The topological polar surface area (TPSA) is 37.4 Å². The number of hydrogen-bond acceptors (Lipinski definition) is 2. The molecule has 4 rings (SSSR count). The van der Waals surface area contributed by atoms with E-state index in [-0.39, 0.29) is 36.6 Å². The van der Waals surface area contributed by atoms with Gasteiger partial charge in [0.1, 0.15) is 0 Å². The molecule has 0 spiro atoms. The summed E-state index contributed by atoms with van der Waals surface area (Å²) < 4.78 is 27.1. The lowest BCUT2D eigenvalue weighted by Crippen LogP contribution is -2.45. The fourth-order valence-electron chi connectivity index (χ4n) is 4.01. The number of halogens is 2. The van der Waals surface area contributed by atoms with Crippen molar-refractivity contribution >= 4 is 11.8 Å². The highest BCUT2D eigenvalue weighted by molar-refractivity contribution is 6.21. The van der Waals surface area contributed by atoms with E-state index < -0.39 is 11.8 Å². The van der Waals surface area contributed by atoms with Crippen LogP contribution in [0.4, 0.5) is 8.78 Å². The molecule has 1 aliphatic heterocycles. The molecule has 2 fully saturated rings. The van der Waals surface area contributed by atoms with E-state index >= 15 is 0 Å². The molecular weight excluding hydrogens is 264 g/mol. The Balaban J connectivity index is 1.67. The molecule has 0 unspecified atom stereocenters. The fourth-order valence-corrected chi connectivity index (χ4v) is 4.01. The van der Waals surface area contributed by atoms with Crippen molar-refractivity contribution in [1.82, 2.24) is 4.90 Å². The zero-order valence-corrected chi connectivity index (χ0v) is 10.7. The first kappa shape index (κ1) is 12.0. The molecule has 0 aromatic heterocycles. The number of carbonyl (C=O) groups is 2. The van der Waals surface area contributed by atoms with Crippen molar-refractivity contribution in [3.63, 3.8) is 0 Å². The van der Waals surface area contributed by atoms with Crippen LogP contribution in [0.3, 0.4) is 0 Å². The third-order valence-electron chi connectivity index (χ3n) is 4.95. The van der Waals surface area contributed by atoms with E-state index in [2.05, 4.69) is 0 Å². The van der Waals surface area contributed by atoms with Gasteiger partial charge in [0.15, 0.2) is 0 Å². The summed E-state index contributed by atoms with van der Waals surface area (Å²) in [7, 11) is 0. The highest BCUT2D eigenvalue weighted by Gasteiger charge is 2.60. The molecule has 1 aromatic rings. The zero-order chi connectivity index (χ0) is 14.1. The SMILES string of the molecule is O=C1c2ccccc2C(=O)N1[C@H]1C[C@H]2C[C@@H]1CC2(F)F. The standard InChI is InChI=1S/C15H13F2NO2/c16-15(17)7-8-5-9(15)6-12(8)18-13(19)10-3-1-2-4-11(10)14(18)20/h1-4,8-9,12H,5-7H2/t8-,9-,12+/m1/s1. The van der Waals surface area contributed by atoms with Crippen LogP contribution in [0.15, 0.2) is 24.3 Å². The molecule has 104 valence electrons. The van der Waals surface area contributed by atoms with Gasteiger partial charge in [-0.2, -0.15) is 0 Å². The summed E-state index contributed by atoms with van der Waals surface area (Å²) in [4.78, 5) is 25.9. The van der Waals surface area contributed by atoms with Crippen LogP contribution in [0, 0.1) is 11.8 Å². The van der Waals surface area contributed by atoms with Crippen LogP contribution in [-0.2, 0) is 0 Å². The van der Waals surface area contributed by atoms with Crippen LogP contribution in [0.1, 0.15) is 40.0 Å². The Kier molecular flexibility index (Phi) is 2.19. The van der Waals surface area contributed by atoms with Crippen molar-refractivity contribution in [3.05, 3.63) is 35.4 Å². The average molecular weight is 277 g/mol. The number of fused-ring (bicyclic) bond motifs is 3. The summed E-state index contributed by atoms with van der Waals surface area (Å²) in [5, 5.41) is 0. The molecule has 0 N–H and O–H groups in total. The van der Waals surface area contributed by atoms with E-state index in [4.69, 9.17) is 0 Å². The molecule has 1 aromatic carbocycles. The summed E-state index contributed by atoms with van der Waals surface area (Å²) in [6.45, 7) is 0. The van der Waals surface area contributed by atoms with Gasteiger partial charge in [-0.25, -0.2) is 8.78 Å². The van der Waals surface area contributed by atoms with Gasteiger partial charge < -0.3 is 0 Å². The van der Waals surface area contributed by atoms with Crippen molar-refractivity contribution in [3.8, 4) is 0 Å². The second-order valence-electron chi connectivity index (χ2n) is 5.99. The predicted molar refractivity (Wildman–Crippen MR) is 66.5 cm³/mol. The number of amides is 2. The Hall–Kier alpha value is -1.78. The van der Waals surface area contributed by atoms with Gasteiger partial charge in [-0.05, 0) is 30.9 Å². The fraction of sp³-hybridized carbons (Fsp3) is 0.467. The molecular formula is C15H13F2NO2. The quantitative estimate of drug-likeness (QED) is 0.740. The normalized spacial score (nSPS) is 33.9. The Bertz CT molecular complexity index is 593. The molecule has 5 heteroatoms. The maximum atomic E-state index is 13.6. The lowest BCUT2D eigenvalue weighted by molar-refractivity contribution is -0.0627. The molecule has 2 aliphatic carbocycles. The van der Waals surface area contributed by atoms with Crippen molar-refractivity contribution in [2.75, 3.05) is 0 Å². The summed E-state index contributed by atoms with van der Waals surface area (Å²) in [6, 6.07) is 6.31. The first-order valence-corrected chi connectivity index (χ1v) is 6.84. The van der Waals surface area contributed by atoms with Gasteiger partial charge in [0.05, 0.1) is 11.1 Å². The number of nitrogens with zero attached hydrogens (tertiary/aromatic N) is 1. The Morgan fingerprint density at radius 3 is 2.10 bits per heavy atom. The smallest absolute Gasteiger partial charge is 0.261 e. The van der Waals surface area contributed by atoms with Gasteiger partial charge >= 0.3 is 0 Å². The number of imide groups is 1. The molecule has 0 radical (unpaired) electrons. The van der Waals surface area contributed by atoms with Gasteiger partial charge in [-0.3, -0.25) is 14.5 Å². The minimum Gasteiger partial charge on any atom is -0.271 e. The first-order valence-electron chi connectivity index (χ1n) is 6.84. The average Bonchev–Trinajstić information content (AvgIpc) is 3.01. The maximum Gasteiger partial charge on any atom is 0.261 e. The van der Waals surface area contributed by atoms with Gasteiger partial charge in [0.2, 0.25) is 0 Å². The van der Waals surface area contributed by atoms with Crippen molar-refractivity contribution in [2.24, 2.45) is 11.8 Å². The van der Waals surface area contributed by atoms with Crippen molar-refractivity contribution < 1.29 is 18.4 Å². The lowest BCUT2D eigenvalue weighted by Gasteiger charge is -2.32. The van der Waals surface area contributed by atoms with Crippen LogP contribution in [-0.4, -0.2) is 28.7 Å². The molecule has 3 aliphatic rings. The molecule has 3 atom stereocenters. The third-order valence-corrected chi connectivity index (χ3v) is 4.95. The molecule has 20 heavy (non-hydrogen) atoms.